The number of fused-ring (bicyclic) bond motifs is 3. The van der Waals surface area contributed by atoms with Crippen LogP contribution in [0.4, 0.5) is 26.3 Å². The van der Waals surface area contributed by atoms with E-state index in [-0.39, 0.29) is 46.5 Å². The molecule has 0 amide bonds. The summed E-state index contributed by atoms with van der Waals surface area (Å²) >= 11 is 0.898. The van der Waals surface area contributed by atoms with Crippen LogP contribution in [0, 0.1) is 6.07 Å². The van der Waals surface area contributed by atoms with Crippen LogP contribution in [0.25, 0.3) is 11.1 Å². The van der Waals surface area contributed by atoms with Crippen LogP contribution in [0.15, 0.2) is 97.1 Å². The van der Waals surface area contributed by atoms with Gasteiger partial charge < -0.3 is 24.8 Å². The third-order valence-electron chi connectivity index (χ3n) is 9.79. The minimum atomic E-state index is -4.41. The van der Waals surface area contributed by atoms with E-state index in [1.165, 1.54) is 68.8 Å². The summed E-state index contributed by atoms with van der Waals surface area (Å²) in [6.07, 6.45) is -7.81. The fourth-order valence-electron chi connectivity index (χ4n) is 6.76. The number of hydrogen-bond donors (Lipinski definition) is 0. The molecule has 0 radical (unpaired) electrons. The van der Waals surface area contributed by atoms with Crippen molar-refractivity contribution in [3.63, 3.8) is 0 Å². The Balaban J connectivity index is 0.000000354. The van der Waals surface area contributed by atoms with Gasteiger partial charge in [-0.25, -0.2) is 12.1 Å². The molecule has 0 saturated heterocycles. The Morgan fingerprint density at radius 1 is 0.534 bits per heavy atom. The first-order valence-corrected chi connectivity index (χ1v) is 20.1. The van der Waals surface area contributed by atoms with Gasteiger partial charge >= 0.3 is 137 Å². The molecule has 0 N–H and O–H groups in total. The molecule has 1 aliphatic carbocycles. The smallest absolute Gasteiger partial charge is 0.172 e. The first kappa shape index (κ1) is 51.3. The molecule has 0 spiro atoms. The van der Waals surface area contributed by atoms with Gasteiger partial charge in [0.2, 0.25) is 0 Å². The Morgan fingerprint density at radius 2 is 0.914 bits per heavy atom. The van der Waals surface area contributed by atoms with Gasteiger partial charge in [0, 0.05) is 0 Å². The second kappa shape index (κ2) is 18.8. The van der Waals surface area contributed by atoms with Gasteiger partial charge in [0.1, 0.15) is 0 Å². The van der Waals surface area contributed by atoms with Crippen LogP contribution in [0.3, 0.4) is 0 Å². The number of hydrogen-bond acceptors (Lipinski definition) is 0. The van der Waals surface area contributed by atoms with Crippen LogP contribution in [-0.2, 0) is 64.7 Å². The summed E-state index contributed by atoms with van der Waals surface area (Å²) in [5.41, 5.74) is 11.6. The second-order valence-corrected chi connectivity index (χ2v) is 19.9. The molecule has 0 aliphatic heterocycles. The quantitative estimate of drug-likeness (QED) is 0.121. The van der Waals surface area contributed by atoms with E-state index in [0.29, 0.717) is 14.3 Å². The SMILES string of the molecule is CC(C)(C)c1[c-]c2c(cc1C(C)(C)C)-c1cc(C(C)(C)C)c(C(C)(C)C)cc1C2.FC(F)(F)c1ccc([C](=[Zr+2])c2ccc(C(F)(F)F)cc2)cc1.[Cl-].[Cl-].c1cc[cH-]c1. The summed E-state index contributed by atoms with van der Waals surface area (Å²) in [5, 5.41) is 0. The van der Waals surface area contributed by atoms with Crippen LogP contribution < -0.4 is 24.8 Å². The number of alkyl halides is 6. The zero-order valence-corrected chi connectivity index (χ0v) is 39.4. The molecule has 0 unspecified atom stereocenters. The van der Waals surface area contributed by atoms with Gasteiger partial charge in [-0.15, -0.1) is 16.7 Å². The van der Waals surface area contributed by atoms with Crippen molar-refractivity contribution in [2.75, 3.05) is 0 Å². The molecule has 5 aromatic carbocycles. The predicted molar refractivity (Wildman–Crippen MR) is 216 cm³/mol. The van der Waals surface area contributed by atoms with Gasteiger partial charge in [0.15, 0.2) is 0 Å². The Kier molecular flexibility index (Phi) is 16.6. The fourth-order valence-corrected chi connectivity index (χ4v) is 7.58. The summed E-state index contributed by atoms with van der Waals surface area (Å²) in [4.78, 5) is 0. The average molecular weight is 919 g/mol. The number of benzene rings is 4. The maximum Gasteiger partial charge on any atom is -0.172 e. The van der Waals surface area contributed by atoms with Crippen molar-refractivity contribution >= 4 is 3.21 Å². The first-order chi connectivity index (χ1) is 25.5. The van der Waals surface area contributed by atoms with Crippen molar-refractivity contribution in [1.82, 2.24) is 0 Å². The first-order valence-electron chi connectivity index (χ1n) is 18.9. The van der Waals surface area contributed by atoms with Gasteiger partial charge in [-0.1, -0.05) is 106 Å². The summed E-state index contributed by atoms with van der Waals surface area (Å²) in [6, 6.07) is 30.5. The molecule has 0 bridgehead atoms. The van der Waals surface area contributed by atoms with E-state index in [0.717, 1.165) is 54.9 Å². The van der Waals surface area contributed by atoms with Crippen molar-refractivity contribution in [1.29, 1.82) is 0 Å². The molecule has 0 fully saturated rings. The monoisotopic (exact) mass is 916 g/mol. The van der Waals surface area contributed by atoms with Crippen molar-refractivity contribution in [3.8, 4) is 11.1 Å². The molecule has 6 rings (SSSR count). The maximum atomic E-state index is 12.5. The van der Waals surface area contributed by atoms with Crippen LogP contribution >= 0.6 is 0 Å². The van der Waals surface area contributed by atoms with Gasteiger partial charge in [0.05, 0.1) is 0 Å². The molecular formula is C49H54Cl2F6Zr-2. The van der Waals surface area contributed by atoms with Crippen LogP contribution in [0.2, 0.25) is 0 Å². The Morgan fingerprint density at radius 3 is 1.24 bits per heavy atom. The summed E-state index contributed by atoms with van der Waals surface area (Å²) in [6.45, 7) is 28.0. The topological polar surface area (TPSA) is 0 Å². The zero-order valence-electron chi connectivity index (χ0n) is 35.5. The van der Waals surface area contributed by atoms with Crippen LogP contribution in [0.5, 0.6) is 0 Å². The fraction of sp³-hybridized carbons (Fsp3) is 0.388. The van der Waals surface area contributed by atoms with Crippen LogP contribution in [0.1, 0.15) is 139 Å². The van der Waals surface area contributed by atoms with Gasteiger partial charge in [-0.2, -0.15) is 35.9 Å². The molecule has 0 atom stereocenters. The van der Waals surface area contributed by atoms with Crippen molar-refractivity contribution < 1.29 is 75.4 Å². The molecule has 9 heteroatoms. The van der Waals surface area contributed by atoms with Crippen LogP contribution in [-0.4, -0.2) is 3.21 Å². The Labute approximate surface area is 369 Å². The van der Waals surface area contributed by atoms with E-state index in [4.69, 9.17) is 0 Å². The average Bonchev–Trinajstić information content (AvgIpc) is 3.77. The van der Waals surface area contributed by atoms with E-state index >= 15 is 0 Å². The molecule has 58 heavy (non-hydrogen) atoms. The minimum Gasteiger partial charge on any atom is -1.00 e. The summed E-state index contributed by atoms with van der Waals surface area (Å²) < 4.78 is 75.6. The van der Waals surface area contributed by atoms with E-state index in [2.05, 4.69) is 107 Å². The van der Waals surface area contributed by atoms with E-state index in [1.54, 1.807) is 0 Å². The largest absolute Gasteiger partial charge is 1.00 e. The third-order valence-corrected chi connectivity index (χ3v) is 11.2. The molecule has 0 nitrogen and oxygen atoms in total. The zero-order chi connectivity index (χ0) is 42.2. The van der Waals surface area contributed by atoms with E-state index in [1.807, 2.05) is 30.3 Å². The minimum absolute atomic E-state index is 0. The normalized spacial score (nSPS) is 12.8. The number of halogens is 8. The molecule has 1 aliphatic rings. The second-order valence-electron chi connectivity index (χ2n) is 18.7. The predicted octanol–water partition coefficient (Wildman–Crippen LogP) is 8.50. The maximum absolute atomic E-state index is 12.5. The molecule has 312 valence electrons. The molecule has 0 aromatic heterocycles. The third kappa shape index (κ3) is 12.8. The molecule has 0 heterocycles. The summed E-state index contributed by atoms with van der Waals surface area (Å²) in [7, 11) is 0. The number of rotatable bonds is 2. The van der Waals surface area contributed by atoms with Crippen molar-refractivity contribution in [3.05, 3.63) is 159 Å². The molecule has 5 aromatic rings. The Bertz CT molecular complexity index is 1960. The molecule has 0 saturated carbocycles. The standard InChI is InChI=1S/C29H41.C15H8F6.C5H5.2ClH.Zr/c1-26(2,3)22-14-18-13-19-15-23(27(4,5)6)25(29(10,11)12)17-21(19)20(18)16-24(22)28(7,8)9;16-14(17,18)12-5-1-10(2-6-12)9-11-3-7-13(8-4-11)15(19,20)21;1-2-4-5-3-1;;;/h14,16-17H,13H2,1-12H3;1-8H;1-5H;2*1H;/q-1;;-1;;;+2/p-2. The Hall–Kier alpha value is -2.86. The summed E-state index contributed by atoms with van der Waals surface area (Å²) in [5.74, 6) is 0. The van der Waals surface area contributed by atoms with Gasteiger partial charge in [-0.05, 0) is 39.4 Å². The molecular weight excluding hydrogens is 865 g/mol. The van der Waals surface area contributed by atoms with Crippen molar-refractivity contribution in [2.45, 2.75) is 124 Å². The van der Waals surface area contributed by atoms with Crippen molar-refractivity contribution in [2.24, 2.45) is 0 Å². The van der Waals surface area contributed by atoms with Gasteiger partial charge in [-0.3, -0.25) is 0 Å². The van der Waals surface area contributed by atoms with E-state index in [9.17, 15) is 26.3 Å². The van der Waals surface area contributed by atoms with Gasteiger partial charge in [0.25, 0.3) is 0 Å². The van der Waals surface area contributed by atoms with E-state index < -0.39 is 23.5 Å².